The van der Waals surface area contributed by atoms with Gasteiger partial charge >= 0.3 is 5.97 Å². The zero-order valence-corrected chi connectivity index (χ0v) is 18.8. The zero-order chi connectivity index (χ0) is 23.1. The molecule has 3 rings (SSSR count). The second-order valence-corrected chi connectivity index (χ2v) is 7.80. The Kier molecular flexibility index (Phi) is 7.67. The van der Waals surface area contributed by atoms with Gasteiger partial charge in [0, 0.05) is 30.6 Å². The topological polar surface area (TPSA) is 99.5 Å². The Morgan fingerprint density at radius 3 is 2.62 bits per heavy atom. The average Bonchev–Trinajstić information content (AvgIpc) is 3.20. The third kappa shape index (κ3) is 5.76. The Morgan fingerprint density at radius 2 is 1.94 bits per heavy atom. The Labute approximate surface area is 189 Å². The highest BCUT2D eigenvalue weighted by molar-refractivity contribution is 7.99. The van der Waals surface area contributed by atoms with Crippen LogP contribution in [0.15, 0.2) is 60.0 Å². The summed E-state index contributed by atoms with van der Waals surface area (Å²) in [5, 5.41) is 3.47. The van der Waals surface area contributed by atoms with Gasteiger partial charge in [-0.05, 0) is 37.3 Å². The molecule has 0 saturated carbocycles. The summed E-state index contributed by atoms with van der Waals surface area (Å²) in [7, 11) is 3.35. The number of ether oxygens (including phenoxy) is 2. The van der Waals surface area contributed by atoms with Crippen LogP contribution in [0.3, 0.4) is 0 Å². The summed E-state index contributed by atoms with van der Waals surface area (Å²) in [6.07, 6.45) is 3.46. The molecule has 2 aromatic carbocycles. The number of carbonyl (C=O) groups excluding carboxylic acids is 3. The van der Waals surface area contributed by atoms with E-state index in [1.807, 2.05) is 11.6 Å². The van der Waals surface area contributed by atoms with E-state index >= 15 is 0 Å². The minimum Gasteiger partial charge on any atom is -0.496 e. The summed E-state index contributed by atoms with van der Waals surface area (Å²) in [5.41, 5.74) is 1.65. The predicted molar refractivity (Wildman–Crippen MR) is 121 cm³/mol. The van der Waals surface area contributed by atoms with Gasteiger partial charge in [0.05, 0.1) is 24.1 Å². The van der Waals surface area contributed by atoms with E-state index in [4.69, 9.17) is 9.47 Å². The van der Waals surface area contributed by atoms with Gasteiger partial charge in [-0.15, -0.1) is 0 Å². The first-order valence-electron chi connectivity index (χ1n) is 9.73. The Balaban J connectivity index is 1.66. The fraction of sp³-hybridized carbons (Fsp3) is 0.217. The lowest BCUT2D eigenvalue weighted by atomic mass is 10.1. The van der Waals surface area contributed by atoms with Crippen molar-refractivity contribution in [3.05, 3.63) is 71.5 Å². The molecule has 1 N–H and O–H groups in total. The summed E-state index contributed by atoms with van der Waals surface area (Å²) in [6, 6.07) is 11.6. The quantitative estimate of drug-likeness (QED) is 0.299. The number of anilines is 1. The van der Waals surface area contributed by atoms with Crippen molar-refractivity contribution in [2.45, 2.75) is 18.7 Å². The number of aromatic nitrogens is 2. The van der Waals surface area contributed by atoms with Crippen LogP contribution in [0.2, 0.25) is 0 Å². The maximum atomic E-state index is 12.7. The van der Waals surface area contributed by atoms with Crippen LogP contribution < -0.4 is 10.1 Å². The number of carbonyl (C=O) groups is 3. The number of benzene rings is 2. The molecule has 0 unspecified atom stereocenters. The van der Waals surface area contributed by atoms with Crippen LogP contribution in [-0.2, 0) is 23.2 Å². The SMILES string of the molecule is COc1ccc(C(C)=O)cc1COC(=O)c1ccccc1NC(=O)CSc1nccn1C. The largest absolute Gasteiger partial charge is 0.496 e. The monoisotopic (exact) mass is 453 g/mol. The molecule has 0 spiro atoms. The molecule has 8 nitrogen and oxygen atoms in total. The number of rotatable bonds is 9. The van der Waals surface area contributed by atoms with Crippen LogP contribution in [0, 0.1) is 0 Å². The summed E-state index contributed by atoms with van der Waals surface area (Å²) < 4.78 is 12.6. The molecule has 0 aliphatic heterocycles. The van der Waals surface area contributed by atoms with Crippen molar-refractivity contribution >= 4 is 35.1 Å². The van der Waals surface area contributed by atoms with Gasteiger partial charge < -0.3 is 19.4 Å². The maximum absolute atomic E-state index is 12.7. The molecule has 1 aromatic heterocycles. The molecular weight excluding hydrogens is 430 g/mol. The van der Waals surface area contributed by atoms with E-state index < -0.39 is 5.97 Å². The molecule has 0 aliphatic rings. The number of nitrogens with one attached hydrogen (secondary N) is 1. The molecule has 1 amide bonds. The third-order valence-electron chi connectivity index (χ3n) is 4.58. The van der Waals surface area contributed by atoms with E-state index in [1.54, 1.807) is 54.9 Å². The highest BCUT2D eigenvalue weighted by Crippen LogP contribution is 2.23. The van der Waals surface area contributed by atoms with Gasteiger partial charge in [0.2, 0.25) is 5.91 Å². The number of para-hydroxylation sites is 1. The van der Waals surface area contributed by atoms with Crippen LogP contribution >= 0.6 is 11.8 Å². The summed E-state index contributed by atoms with van der Waals surface area (Å²) in [4.78, 5) is 40.9. The number of esters is 1. The highest BCUT2D eigenvalue weighted by Gasteiger charge is 2.17. The second kappa shape index (κ2) is 10.6. The van der Waals surface area contributed by atoms with Crippen molar-refractivity contribution in [3.63, 3.8) is 0 Å². The fourth-order valence-electron chi connectivity index (χ4n) is 2.91. The lowest BCUT2D eigenvalue weighted by molar-refractivity contribution is -0.113. The smallest absolute Gasteiger partial charge is 0.340 e. The first-order chi connectivity index (χ1) is 15.4. The number of aryl methyl sites for hydroxylation is 1. The summed E-state index contributed by atoms with van der Waals surface area (Å²) in [6.45, 7) is 1.38. The number of hydrogen-bond donors (Lipinski definition) is 1. The molecule has 166 valence electrons. The van der Waals surface area contributed by atoms with E-state index in [9.17, 15) is 14.4 Å². The number of imidazole rings is 1. The minimum absolute atomic E-state index is 0.0829. The molecule has 9 heteroatoms. The van der Waals surface area contributed by atoms with Gasteiger partial charge in [0.25, 0.3) is 0 Å². The minimum atomic E-state index is -0.604. The first-order valence-corrected chi connectivity index (χ1v) is 10.7. The molecule has 0 atom stereocenters. The number of hydrogen-bond acceptors (Lipinski definition) is 7. The van der Waals surface area contributed by atoms with Crippen molar-refractivity contribution in [1.29, 1.82) is 0 Å². The van der Waals surface area contributed by atoms with Gasteiger partial charge in [-0.25, -0.2) is 9.78 Å². The van der Waals surface area contributed by atoms with Crippen LogP contribution in [0.1, 0.15) is 33.2 Å². The zero-order valence-electron chi connectivity index (χ0n) is 18.0. The van der Waals surface area contributed by atoms with Gasteiger partial charge in [-0.3, -0.25) is 9.59 Å². The molecule has 3 aromatic rings. The van der Waals surface area contributed by atoms with E-state index in [2.05, 4.69) is 10.3 Å². The molecule has 0 saturated heterocycles. The molecule has 0 aliphatic carbocycles. The normalized spacial score (nSPS) is 10.5. The van der Waals surface area contributed by atoms with Crippen LogP contribution in [0.4, 0.5) is 5.69 Å². The summed E-state index contributed by atoms with van der Waals surface area (Å²) in [5.74, 6) is -0.321. The lowest BCUT2D eigenvalue weighted by Gasteiger charge is -2.13. The van der Waals surface area contributed by atoms with Crippen molar-refractivity contribution < 1.29 is 23.9 Å². The summed E-state index contributed by atoms with van der Waals surface area (Å²) >= 11 is 1.29. The number of methoxy groups -OCH3 is 1. The van der Waals surface area contributed by atoms with Gasteiger partial charge in [0.15, 0.2) is 10.9 Å². The Bertz CT molecular complexity index is 1140. The van der Waals surface area contributed by atoms with Crippen molar-refractivity contribution in [3.8, 4) is 5.75 Å². The lowest BCUT2D eigenvalue weighted by Crippen LogP contribution is -2.17. The van der Waals surface area contributed by atoms with E-state index in [0.717, 1.165) is 5.16 Å². The van der Waals surface area contributed by atoms with Crippen LogP contribution in [-0.4, -0.2) is 40.1 Å². The highest BCUT2D eigenvalue weighted by atomic mass is 32.2. The number of Topliss-reactive ketones (excluding diaryl/α,β-unsaturated/α-hetero) is 1. The van der Waals surface area contributed by atoms with Gasteiger partial charge in [0.1, 0.15) is 12.4 Å². The molecule has 0 fully saturated rings. The molecular formula is C23H23N3O5S. The Hall–Kier alpha value is -3.59. The van der Waals surface area contributed by atoms with Crippen molar-refractivity contribution in [2.24, 2.45) is 7.05 Å². The standard InChI is InChI=1S/C23H23N3O5S/c1-15(27)16-8-9-20(30-3)17(12-16)13-31-22(29)18-6-4-5-7-19(18)25-21(28)14-32-23-24-10-11-26(23)2/h4-12H,13-14H2,1-3H3,(H,25,28). The predicted octanol–water partition coefficient (Wildman–Crippen LogP) is 3.72. The van der Waals surface area contributed by atoms with Crippen molar-refractivity contribution in [1.82, 2.24) is 9.55 Å². The van der Waals surface area contributed by atoms with Gasteiger partial charge in [-0.1, -0.05) is 23.9 Å². The number of thioether (sulfide) groups is 1. The maximum Gasteiger partial charge on any atom is 0.340 e. The fourth-order valence-corrected chi connectivity index (χ4v) is 3.64. The van der Waals surface area contributed by atoms with Crippen LogP contribution in [0.25, 0.3) is 0 Å². The van der Waals surface area contributed by atoms with Gasteiger partial charge in [-0.2, -0.15) is 0 Å². The molecule has 0 radical (unpaired) electrons. The van der Waals surface area contributed by atoms with E-state index in [0.29, 0.717) is 22.6 Å². The first kappa shape index (κ1) is 23.1. The van der Waals surface area contributed by atoms with Crippen molar-refractivity contribution in [2.75, 3.05) is 18.2 Å². The number of ketones is 1. The Morgan fingerprint density at radius 1 is 1.16 bits per heavy atom. The van der Waals surface area contributed by atoms with Crippen LogP contribution in [0.5, 0.6) is 5.75 Å². The third-order valence-corrected chi connectivity index (χ3v) is 5.63. The second-order valence-electron chi connectivity index (χ2n) is 6.86. The van der Waals surface area contributed by atoms with E-state index in [-0.39, 0.29) is 29.6 Å². The van der Waals surface area contributed by atoms with E-state index in [1.165, 1.54) is 25.8 Å². The average molecular weight is 454 g/mol. The number of nitrogens with zero attached hydrogens (tertiary/aromatic N) is 2. The molecule has 0 bridgehead atoms. The number of amides is 1. The molecule has 32 heavy (non-hydrogen) atoms. The molecule has 1 heterocycles.